The van der Waals surface area contributed by atoms with Crippen molar-refractivity contribution in [1.82, 2.24) is 19.2 Å². The molecule has 0 aliphatic carbocycles. The lowest BCUT2D eigenvalue weighted by molar-refractivity contribution is -0.274. The van der Waals surface area contributed by atoms with Crippen molar-refractivity contribution < 1.29 is 30.7 Å². The van der Waals surface area contributed by atoms with Gasteiger partial charge in [0.05, 0.1) is 18.1 Å². The molecule has 3 heterocycles. The van der Waals surface area contributed by atoms with Gasteiger partial charge in [0.1, 0.15) is 0 Å². The van der Waals surface area contributed by atoms with Gasteiger partial charge in [-0.25, -0.2) is 17.8 Å². The molecule has 1 aromatic heterocycles. The van der Waals surface area contributed by atoms with Crippen molar-refractivity contribution in [3.8, 4) is 5.75 Å². The van der Waals surface area contributed by atoms with Crippen LogP contribution in [0.2, 0.25) is 0 Å². The van der Waals surface area contributed by atoms with Gasteiger partial charge in [-0.1, -0.05) is 0 Å². The van der Waals surface area contributed by atoms with Crippen molar-refractivity contribution >= 4 is 33.2 Å². The van der Waals surface area contributed by atoms with Crippen LogP contribution in [0.4, 0.5) is 40.7 Å². The Kier molecular flexibility index (Phi) is 8.37. The monoisotopic (exact) mass is 603 g/mol. The van der Waals surface area contributed by atoms with E-state index in [0.717, 1.165) is 31.4 Å². The third-order valence-corrected chi connectivity index (χ3v) is 9.19. The number of hydrogen-bond acceptors (Lipinski definition) is 9. The maximum Gasteiger partial charge on any atom is 0.573 e. The number of sulfonamides is 1. The second-order valence-electron chi connectivity index (χ2n) is 11.8. The Morgan fingerprint density at radius 3 is 2.22 bits per heavy atom. The van der Waals surface area contributed by atoms with Crippen molar-refractivity contribution in [3.05, 3.63) is 30.2 Å². The summed E-state index contributed by atoms with van der Waals surface area (Å²) in [6.07, 6.45) is -1.36. The van der Waals surface area contributed by atoms with Crippen LogP contribution in [0.3, 0.4) is 0 Å². The molecule has 0 spiro atoms. The Morgan fingerprint density at radius 2 is 1.66 bits per heavy atom. The fraction of sp³-hybridized carbons (Fsp3) is 0.615. The fourth-order valence-electron chi connectivity index (χ4n) is 5.64. The minimum Gasteiger partial charge on any atom is -0.403 e. The first-order valence-corrected chi connectivity index (χ1v) is 15.1. The average molecular weight is 604 g/mol. The first-order valence-electron chi connectivity index (χ1n) is 13.2. The number of alkyl halides is 3. The van der Waals surface area contributed by atoms with Crippen LogP contribution in [0.1, 0.15) is 40.5 Å². The molecule has 2 aliphatic rings. The third kappa shape index (κ3) is 7.49. The number of halogens is 4. The Bertz CT molecular complexity index is 1350. The van der Waals surface area contributed by atoms with Gasteiger partial charge in [-0.05, 0) is 59.7 Å². The largest absolute Gasteiger partial charge is 0.573 e. The van der Waals surface area contributed by atoms with E-state index in [1.54, 1.807) is 4.90 Å². The van der Waals surface area contributed by atoms with Crippen LogP contribution in [0.5, 0.6) is 5.75 Å². The molecule has 2 fully saturated rings. The van der Waals surface area contributed by atoms with Crippen LogP contribution in [-0.2, 0) is 10.0 Å². The molecular weight excluding hydrogens is 566 g/mol. The highest BCUT2D eigenvalue weighted by molar-refractivity contribution is 7.88. The summed E-state index contributed by atoms with van der Waals surface area (Å²) < 4.78 is 83.8. The average Bonchev–Trinajstić information content (AvgIpc) is 2.83. The highest BCUT2D eigenvalue weighted by Crippen LogP contribution is 2.39. The maximum atomic E-state index is 14.7. The summed E-state index contributed by atoms with van der Waals surface area (Å²) >= 11 is 0. The van der Waals surface area contributed by atoms with Gasteiger partial charge in [0.2, 0.25) is 16.0 Å². The number of anilines is 4. The topological polar surface area (TPSA) is 103 Å². The van der Waals surface area contributed by atoms with E-state index >= 15 is 0 Å². The van der Waals surface area contributed by atoms with Crippen LogP contribution in [0.15, 0.2) is 24.4 Å². The van der Waals surface area contributed by atoms with Crippen molar-refractivity contribution in [2.24, 2.45) is 0 Å². The number of aromatic nitrogens is 2. The van der Waals surface area contributed by atoms with E-state index in [-0.39, 0.29) is 66.4 Å². The van der Waals surface area contributed by atoms with Gasteiger partial charge in [-0.3, -0.25) is 4.90 Å². The van der Waals surface area contributed by atoms with E-state index in [9.17, 15) is 26.0 Å². The van der Waals surface area contributed by atoms with Crippen molar-refractivity contribution in [3.63, 3.8) is 0 Å². The zero-order valence-corrected chi connectivity index (χ0v) is 24.8. The second-order valence-corrected chi connectivity index (χ2v) is 13.8. The SMILES string of the molecule is CN1C(C)(C)CC(Nc2nc(Nc3ccc(N4CCN(S(C)(=O)=O)CC4)c(OC(F)(F)F)c3)ncc2F)CC1(C)C. The molecule has 10 nitrogen and oxygen atoms in total. The predicted molar refractivity (Wildman–Crippen MR) is 150 cm³/mol. The van der Waals surface area contributed by atoms with E-state index < -0.39 is 28.0 Å². The van der Waals surface area contributed by atoms with Crippen molar-refractivity contribution in [2.75, 3.05) is 55.0 Å². The number of hydrogen-bond donors (Lipinski definition) is 2. The molecule has 1 aromatic carbocycles. The van der Waals surface area contributed by atoms with Gasteiger partial charge < -0.3 is 20.3 Å². The van der Waals surface area contributed by atoms with Gasteiger partial charge >= 0.3 is 6.36 Å². The molecule has 228 valence electrons. The lowest BCUT2D eigenvalue weighted by atomic mass is 9.77. The van der Waals surface area contributed by atoms with Crippen LogP contribution in [0.25, 0.3) is 0 Å². The number of benzene rings is 1. The summed E-state index contributed by atoms with van der Waals surface area (Å²) in [7, 11) is -1.33. The van der Waals surface area contributed by atoms with Crippen LogP contribution < -0.4 is 20.3 Å². The molecule has 2 N–H and O–H groups in total. The van der Waals surface area contributed by atoms with Crippen LogP contribution in [0, 0.1) is 5.82 Å². The van der Waals surface area contributed by atoms with Gasteiger partial charge in [-0.2, -0.15) is 9.29 Å². The Hall–Kier alpha value is -2.91. The summed E-state index contributed by atoms with van der Waals surface area (Å²) in [4.78, 5) is 12.2. The minimum absolute atomic E-state index is 0.00390. The molecule has 0 unspecified atom stereocenters. The highest BCUT2D eigenvalue weighted by Gasteiger charge is 2.43. The Morgan fingerprint density at radius 1 is 1.05 bits per heavy atom. The number of piperidine rings is 1. The fourth-order valence-corrected chi connectivity index (χ4v) is 6.47. The minimum atomic E-state index is -4.96. The summed E-state index contributed by atoms with van der Waals surface area (Å²) in [5.41, 5.74) is 0.0775. The van der Waals surface area contributed by atoms with E-state index in [4.69, 9.17) is 0 Å². The number of piperazine rings is 1. The van der Waals surface area contributed by atoms with E-state index in [2.05, 4.69) is 65.0 Å². The molecule has 2 saturated heterocycles. The molecule has 15 heteroatoms. The molecule has 41 heavy (non-hydrogen) atoms. The van der Waals surface area contributed by atoms with E-state index in [0.29, 0.717) is 0 Å². The molecule has 0 amide bonds. The van der Waals surface area contributed by atoms with Gasteiger partial charge in [0.15, 0.2) is 17.4 Å². The number of ether oxygens (including phenoxy) is 1. The molecular formula is C26H37F4N7O3S. The van der Waals surface area contributed by atoms with E-state index in [1.807, 2.05) is 0 Å². The standard InChI is InChI=1S/C26H37F4N7O3S/c1-24(2)14-18(15-25(3,4)35(24)5)32-22-19(27)16-31-23(34-22)33-17-7-8-20(21(13-17)40-26(28,29)30)36-9-11-37(12-10-36)41(6,38)39/h7-8,13,16,18H,9-12,14-15H2,1-6H3,(H2,31,32,33,34). The second kappa shape index (κ2) is 11.1. The first-order chi connectivity index (χ1) is 18.8. The first kappa shape index (κ1) is 31.0. The summed E-state index contributed by atoms with van der Waals surface area (Å²) in [6.45, 7) is 9.15. The molecule has 2 aromatic rings. The van der Waals surface area contributed by atoms with Gasteiger partial charge in [0, 0.05) is 55.1 Å². The third-order valence-electron chi connectivity index (χ3n) is 7.88. The van der Waals surface area contributed by atoms with Crippen molar-refractivity contribution in [2.45, 2.75) is 64.0 Å². The molecule has 0 atom stereocenters. The highest BCUT2D eigenvalue weighted by atomic mass is 32.2. The van der Waals surface area contributed by atoms with Crippen LogP contribution in [-0.4, -0.2) is 90.6 Å². The molecule has 0 bridgehead atoms. The zero-order valence-electron chi connectivity index (χ0n) is 24.0. The smallest absolute Gasteiger partial charge is 0.403 e. The summed E-state index contributed by atoms with van der Waals surface area (Å²) in [5.74, 6) is -1.12. The quantitative estimate of drug-likeness (QED) is 0.446. The summed E-state index contributed by atoms with van der Waals surface area (Å²) in [6, 6.07) is 4.07. The van der Waals surface area contributed by atoms with Gasteiger partial charge in [0.25, 0.3) is 0 Å². The molecule has 4 rings (SSSR count). The zero-order chi connectivity index (χ0) is 30.4. The summed E-state index contributed by atoms with van der Waals surface area (Å²) in [5, 5.41) is 6.04. The van der Waals surface area contributed by atoms with Crippen LogP contribution >= 0.6 is 0 Å². The number of rotatable bonds is 7. The van der Waals surface area contributed by atoms with Gasteiger partial charge in [-0.15, -0.1) is 13.2 Å². The van der Waals surface area contributed by atoms with Crippen molar-refractivity contribution in [1.29, 1.82) is 0 Å². The lowest BCUT2D eigenvalue weighted by Crippen LogP contribution is -2.61. The predicted octanol–water partition coefficient (Wildman–Crippen LogP) is 4.40. The number of nitrogens with one attached hydrogen (secondary N) is 2. The molecule has 0 radical (unpaired) electrons. The maximum absolute atomic E-state index is 14.7. The molecule has 0 saturated carbocycles. The number of likely N-dealkylation sites (tertiary alicyclic amines) is 1. The normalized spacial score (nSPS) is 20.6. The Labute approximate surface area is 238 Å². The Balaban J connectivity index is 1.54. The number of nitrogens with zero attached hydrogens (tertiary/aromatic N) is 5. The lowest BCUT2D eigenvalue weighted by Gasteiger charge is -2.53. The molecule has 2 aliphatic heterocycles. The van der Waals surface area contributed by atoms with E-state index in [1.165, 1.54) is 16.4 Å².